The first-order valence-corrected chi connectivity index (χ1v) is 12.8. The van der Waals surface area contributed by atoms with Gasteiger partial charge in [0.2, 0.25) is 0 Å². The molecule has 1 aliphatic carbocycles. The summed E-state index contributed by atoms with van der Waals surface area (Å²) in [4.78, 5) is 36.7. The molecule has 1 aliphatic rings. The summed E-state index contributed by atoms with van der Waals surface area (Å²) in [6.07, 6.45) is 22.5. The Hall–Kier alpha value is -2.49. The van der Waals surface area contributed by atoms with Crippen molar-refractivity contribution in [3.8, 4) is 5.75 Å². The van der Waals surface area contributed by atoms with Crippen LogP contribution in [0, 0.1) is 0 Å². The van der Waals surface area contributed by atoms with Crippen LogP contribution in [-0.4, -0.2) is 17.5 Å². The summed E-state index contributed by atoms with van der Waals surface area (Å²) in [6.45, 7) is 3.87. The van der Waals surface area contributed by atoms with Gasteiger partial charge >= 0.3 is 5.97 Å². The van der Waals surface area contributed by atoms with E-state index < -0.39 is 5.97 Å². The first-order valence-electron chi connectivity index (χ1n) is 12.8. The number of ketones is 2. The van der Waals surface area contributed by atoms with Crippen molar-refractivity contribution in [3.05, 3.63) is 53.1 Å². The predicted octanol–water partition coefficient (Wildman–Crippen LogP) is 7.95. The Labute approximate surface area is 199 Å². The van der Waals surface area contributed by atoms with Crippen molar-refractivity contribution in [1.82, 2.24) is 0 Å². The van der Waals surface area contributed by atoms with Gasteiger partial charge in [-0.15, -0.1) is 0 Å². The molecule has 0 saturated carbocycles. The van der Waals surface area contributed by atoms with E-state index >= 15 is 0 Å². The third-order valence-electron chi connectivity index (χ3n) is 6.16. The van der Waals surface area contributed by atoms with E-state index in [-0.39, 0.29) is 22.9 Å². The smallest absolute Gasteiger partial charge is 0.335 e. The van der Waals surface area contributed by atoms with Crippen LogP contribution in [0.2, 0.25) is 0 Å². The molecule has 1 aromatic carbocycles. The number of allylic oxidation sites excluding steroid dienone is 3. The lowest BCUT2D eigenvalue weighted by Gasteiger charge is -2.15. The van der Waals surface area contributed by atoms with Gasteiger partial charge in [-0.05, 0) is 31.9 Å². The van der Waals surface area contributed by atoms with Crippen LogP contribution >= 0.6 is 0 Å². The molecule has 2 rings (SSSR count). The maximum absolute atomic E-state index is 12.3. The molecule has 0 saturated heterocycles. The molecular weight excluding hydrogens is 412 g/mol. The van der Waals surface area contributed by atoms with E-state index in [0.717, 1.165) is 12.8 Å². The number of hydrogen-bond acceptors (Lipinski definition) is 4. The summed E-state index contributed by atoms with van der Waals surface area (Å²) >= 11 is 0. The summed E-state index contributed by atoms with van der Waals surface area (Å²) < 4.78 is 5.36. The van der Waals surface area contributed by atoms with Crippen LogP contribution in [-0.2, 0) is 4.79 Å². The van der Waals surface area contributed by atoms with Crippen LogP contribution in [0.25, 0.3) is 0 Å². The summed E-state index contributed by atoms with van der Waals surface area (Å²) in [5, 5.41) is 0. The Morgan fingerprint density at radius 1 is 0.848 bits per heavy atom. The van der Waals surface area contributed by atoms with Gasteiger partial charge in [0, 0.05) is 17.2 Å². The quantitative estimate of drug-likeness (QED) is 0.110. The molecule has 1 aromatic rings. The maximum atomic E-state index is 12.3. The minimum absolute atomic E-state index is 0.144. The molecule has 0 aliphatic heterocycles. The molecule has 0 bridgehead atoms. The highest BCUT2D eigenvalue weighted by Gasteiger charge is 2.27. The molecule has 0 N–H and O–H groups in total. The lowest BCUT2D eigenvalue weighted by atomic mass is 9.89. The number of rotatable bonds is 16. The second-order valence-corrected chi connectivity index (χ2v) is 9.05. The molecule has 4 nitrogen and oxygen atoms in total. The molecule has 33 heavy (non-hydrogen) atoms. The van der Waals surface area contributed by atoms with Crippen LogP contribution in [0.5, 0.6) is 5.75 Å². The van der Waals surface area contributed by atoms with Crippen LogP contribution in [0.15, 0.2) is 42.0 Å². The van der Waals surface area contributed by atoms with E-state index in [1.165, 1.54) is 89.2 Å². The second-order valence-electron chi connectivity index (χ2n) is 9.05. The zero-order valence-corrected chi connectivity index (χ0v) is 20.5. The van der Waals surface area contributed by atoms with Crippen molar-refractivity contribution in [2.75, 3.05) is 0 Å². The number of carbonyl (C=O) groups is 3. The van der Waals surface area contributed by atoms with E-state index in [4.69, 9.17) is 4.74 Å². The van der Waals surface area contributed by atoms with Crippen molar-refractivity contribution in [2.45, 2.75) is 104 Å². The van der Waals surface area contributed by atoms with Crippen molar-refractivity contribution in [1.29, 1.82) is 0 Å². The third-order valence-corrected chi connectivity index (χ3v) is 6.16. The topological polar surface area (TPSA) is 60.4 Å². The van der Waals surface area contributed by atoms with Gasteiger partial charge in [-0.2, -0.15) is 0 Å². The Morgan fingerprint density at radius 3 is 2.03 bits per heavy atom. The molecule has 0 aromatic heterocycles. The van der Waals surface area contributed by atoms with Gasteiger partial charge in [0.05, 0.1) is 5.56 Å². The molecule has 0 fully saturated rings. The fourth-order valence-corrected chi connectivity index (χ4v) is 4.21. The molecule has 0 atom stereocenters. The van der Waals surface area contributed by atoms with E-state index in [0.29, 0.717) is 11.1 Å². The minimum Gasteiger partial charge on any atom is -0.423 e. The predicted molar refractivity (Wildman–Crippen MR) is 134 cm³/mol. The average molecular weight is 453 g/mol. The van der Waals surface area contributed by atoms with Gasteiger partial charge in [-0.3, -0.25) is 9.59 Å². The maximum Gasteiger partial charge on any atom is 0.335 e. The second kappa shape index (κ2) is 15.4. The van der Waals surface area contributed by atoms with Crippen molar-refractivity contribution < 1.29 is 19.1 Å². The molecule has 0 heterocycles. The van der Waals surface area contributed by atoms with Crippen LogP contribution < -0.4 is 4.74 Å². The molecule has 0 amide bonds. The lowest BCUT2D eigenvalue weighted by Crippen LogP contribution is -2.18. The zero-order valence-electron chi connectivity index (χ0n) is 20.5. The van der Waals surface area contributed by atoms with E-state index in [9.17, 15) is 14.4 Å². The molecule has 180 valence electrons. The van der Waals surface area contributed by atoms with Crippen LogP contribution in [0.4, 0.5) is 0 Å². The van der Waals surface area contributed by atoms with Gasteiger partial charge in [-0.1, -0.05) is 102 Å². The molecule has 0 spiro atoms. The largest absolute Gasteiger partial charge is 0.423 e. The number of fused-ring (bicyclic) bond motifs is 1. The van der Waals surface area contributed by atoms with Gasteiger partial charge in [0.15, 0.2) is 11.6 Å². The first kappa shape index (κ1) is 26.8. The Bertz CT molecular complexity index is 847. The summed E-state index contributed by atoms with van der Waals surface area (Å²) in [6, 6.07) is 4.77. The highest BCUT2D eigenvalue weighted by molar-refractivity contribution is 6.25. The number of Topliss-reactive ketones (excluding diaryl/α,β-unsaturated/α-hetero) is 1. The number of esters is 1. The van der Waals surface area contributed by atoms with Crippen LogP contribution in [0.1, 0.15) is 124 Å². The third kappa shape index (κ3) is 9.49. The number of benzene rings is 1. The minimum atomic E-state index is -0.524. The van der Waals surface area contributed by atoms with Gasteiger partial charge < -0.3 is 4.74 Å². The van der Waals surface area contributed by atoms with Gasteiger partial charge in [0.1, 0.15) is 5.75 Å². The number of carbonyl (C=O) groups excluding carboxylic acids is 3. The highest BCUT2D eigenvalue weighted by atomic mass is 16.5. The molecule has 0 radical (unpaired) electrons. The number of ether oxygens (including phenoxy) is 1. The monoisotopic (exact) mass is 452 g/mol. The SMILES string of the molecule is CCCCCCCCCCCCCCC/C=C\C(=O)Oc1cccc2c1C(=O)C=C(C)C2=O. The van der Waals surface area contributed by atoms with E-state index in [1.807, 2.05) is 6.08 Å². The van der Waals surface area contributed by atoms with Crippen molar-refractivity contribution in [2.24, 2.45) is 0 Å². The van der Waals surface area contributed by atoms with E-state index in [2.05, 4.69) is 6.92 Å². The summed E-state index contributed by atoms with van der Waals surface area (Å²) in [7, 11) is 0. The molecule has 4 heteroatoms. The van der Waals surface area contributed by atoms with Gasteiger partial charge in [-0.25, -0.2) is 4.79 Å². The molecule has 0 unspecified atom stereocenters. The van der Waals surface area contributed by atoms with Crippen LogP contribution in [0.3, 0.4) is 0 Å². The number of hydrogen-bond donors (Lipinski definition) is 0. The fourth-order valence-electron chi connectivity index (χ4n) is 4.21. The summed E-state index contributed by atoms with van der Waals surface area (Å²) in [5.74, 6) is -0.892. The Balaban J connectivity index is 1.57. The standard InChI is InChI=1S/C29H40O4/c1-3-4-5-6-7-8-9-10-11-12-13-14-15-16-17-21-27(31)33-26-20-18-19-24-28(26)25(30)22-23(2)29(24)32/h17-22H,3-16H2,1-2H3/b21-17-. The van der Waals surface area contributed by atoms with Crippen molar-refractivity contribution in [3.63, 3.8) is 0 Å². The Morgan fingerprint density at radius 2 is 1.42 bits per heavy atom. The average Bonchev–Trinajstić information content (AvgIpc) is 2.80. The zero-order chi connectivity index (χ0) is 23.9. The molecular formula is C29H40O4. The highest BCUT2D eigenvalue weighted by Crippen LogP contribution is 2.29. The fraction of sp³-hybridized carbons (Fsp3) is 0.552. The Kier molecular flexibility index (Phi) is 12.5. The number of unbranched alkanes of at least 4 members (excludes halogenated alkanes) is 13. The van der Waals surface area contributed by atoms with Gasteiger partial charge in [0.25, 0.3) is 0 Å². The normalized spacial score (nSPS) is 13.3. The first-order chi connectivity index (χ1) is 16.0. The summed E-state index contributed by atoms with van der Waals surface area (Å²) in [5.41, 5.74) is 0.862. The van der Waals surface area contributed by atoms with Crippen molar-refractivity contribution >= 4 is 17.5 Å². The lowest BCUT2D eigenvalue weighted by molar-refractivity contribution is -0.129. The van der Waals surface area contributed by atoms with E-state index in [1.54, 1.807) is 25.1 Å².